The van der Waals surface area contributed by atoms with Gasteiger partial charge in [-0.15, -0.1) is 0 Å². The minimum atomic E-state index is -0.390. The van der Waals surface area contributed by atoms with Crippen LogP contribution in [-0.4, -0.2) is 23.3 Å². The highest BCUT2D eigenvalue weighted by atomic mass is 35.5. The standard InChI is InChI=1S/C22H24ClN3O2S/c1-4-20(21(27)25-18-11-16(23)6-8-19(18)28-3)29-22-15(12-24)10-14-9-13(2)5-7-17(14)26-22/h6,8,10-11,13,20H,4-5,7,9H2,1-3H3,(H,25,27). The van der Waals surface area contributed by atoms with Crippen LogP contribution in [0.25, 0.3) is 0 Å². The van der Waals surface area contributed by atoms with Gasteiger partial charge in [-0.25, -0.2) is 4.98 Å². The monoisotopic (exact) mass is 429 g/mol. The molecule has 1 aromatic carbocycles. The average Bonchev–Trinajstić information content (AvgIpc) is 2.71. The van der Waals surface area contributed by atoms with Gasteiger partial charge in [-0.2, -0.15) is 5.26 Å². The van der Waals surface area contributed by atoms with Crippen LogP contribution in [0.2, 0.25) is 5.02 Å². The van der Waals surface area contributed by atoms with Gasteiger partial charge >= 0.3 is 0 Å². The van der Waals surface area contributed by atoms with Crippen LogP contribution < -0.4 is 10.1 Å². The van der Waals surface area contributed by atoms with Crippen molar-refractivity contribution in [3.8, 4) is 11.8 Å². The number of fused-ring (bicyclic) bond motifs is 1. The zero-order valence-corrected chi connectivity index (χ0v) is 18.4. The second-order valence-electron chi connectivity index (χ2n) is 7.26. The number of anilines is 1. The molecule has 0 saturated carbocycles. The molecule has 7 heteroatoms. The largest absolute Gasteiger partial charge is 0.495 e. The molecule has 0 spiro atoms. The van der Waals surface area contributed by atoms with E-state index in [2.05, 4.69) is 18.3 Å². The summed E-state index contributed by atoms with van der Waals surface area (Å²) in [6.45, 7) is 4.16. The highest BCUT2D eigenvalue weighted by molar-refractivity contribution is 8.00. The fourth-order valence-corrected chi connectivity index (χ4v) is 4.61. The molecule has 5 nitrogen and oxygen atoms in total. The average molecular weight is 430 g/mol. The number of ether oxygens (including phenoxy) is 1. The number of nitriles is 1. The molecule has 0 bridgehead atoms. The van der Waals surface area contributed by atoms with Crippen LogP contribution in [0.4, 0.5) is 5.69 Å². The number of benzene rings is 1. The van der Waals surface area contributed by atoms with E-state index >= 15 is 0 Å². The highest BCUT2D eigenvalue weighted by Gasteiger charge is 2.24. The molecule has 2 aromatic rings. The molecular formula is C22H24ClN3O2S. The first-order chi connectivity index (χ1) is 13.9. The van der Waals surface area contributed by atoms with Gasteiger partial charge in [-0.05, 0) is 61.4 Å². The summed E-state index contributed by atoms with van der Waals surface area (Å²) in [5.41, 5.74) is 3.27. The molecule has 2 atom stereocenters. The summed E-state index contributed by atoms with van der Waals surface area (Å²) in [7, 11) is 1.54. The number of aromatic nitrogens is 1. The Morgan fingerprint density at radius 2 is 2.28 bits per heavy atom. The molecule has 152 valence electrons. The van der Waals surface area contributed by atoms with E-state index in [1.165, 1.54) is 11.8 Å². The smallest absolute Gasteiger partial charge is 0.238 e. The SMILES string of the molecule is CCC(Sc1nc2c(cc1C#N)CC(C)CC2)C(=O)Nc1cc(Cl)ccc1OC. The van der Waals surface area contributed by atoms with Gasteiger partial charge in [0, 0.05) is 10.7 Å². The van der Waals surface area contributed by atoms with E-state index in [1.54, 1.807) is 25.3 Å². The number of amides is 1. The van der Waals surface area contributed by atoms with E-state index in [9.17, 15) is 10.1 Å². The van der Waals surface area contributed by atoms with Gasteiger partial charge in [0.1, 0.15) is 16.8 Å². The molecule has 1 aromatic heterocycles. The normalized spacial score (nSPS) is 16.4. The van der Waals surface area contributed by atoms with Gasteiger partial charge in [-0.3, -0.25) is 4.79 Å². The van der Waals surface area contributed by atoms with Crippen molar-refractivity contribution < 1.29 is 9.53 Å². The number of carbonyl (C=O) groups is 1. The Bertz CT molecular complexity index is 958. The lowest BCUT2D eigenvalue weighted by Gasteiger charge is -2.22. The molecule has 29 heavy (non-hydrogen) atoms. The Labute approximate surface area is 180 Å². The fourth-order valence-electron chi connectivity index (χ4n) is 3.45. The zero-order chi connectivity index (χ0) is 21.0. The van der Waals surface area contributed by atoms with Crippen molar-refractivity contribution in [2.24, 2.45) is 5.92 Å². The van der Waals surface area contributed by atoms with Crippen LogP contribution in [0.1, 0.15) is 43.5 Å². The quantitative estimate of drug-likeness (QED) is 0.634. The third kappa shape index (κ3) is 5.04. The molecule has 1 aliphatic carbocycles. The molecule has 0 fully saturated rings. The zero-order valence-electron chi connectivity index (χ0n) is 16.8. The van der Waals surface area contributed by atoms with E-state index in [0.29, 0.717) is 39.4 Å². The predicted molar refractivity (Wildman–Crippen MR) is 117 cm³/mol. The number of hydrogen-bond acceptors (Lipinski definition) is 5. The maximum Gasteiger partial charge on any atom is 0.238 e. The number of nitrogens with one attached hydrogen (secondary N) is 1. The first-order valence-corrected chi connectivity index (χ1v) is 10.9. The number of aryl methyl sites for hydroxylation is 1. The third-order valence-corrected chi connectivity index (χ3v) is 6.66. The summed E-state index contributed by atoms with van der Waals surface area (Å²) in [5.74, 6) is 0.979. The second kappa shape index (κ2) is 9.51. The molecule has 1 N–H and O–H groups in total. The Kier molecular flexibility index (Phi) is 7.05. The van der Waals surface area contributed by atoms with E-state index in [0.717, 1.165) is 30.5 Å². The molecule has 0 aliphatic heterocycles. The van der Waals surface area contributed by atoms with Gasteiger partial charge in [0.05, 0.1) is 23.6 Å². The van der Waals surface area contributed by atoms with Gasteiger partial charge < -0.3 is 10.1 Å². The third-order valence-electron chi connectivity index (χ3n) is 5.06. The molecule has 2 unspecified atom stereocenters. The Morgan fingerprint density at radius 3 is 2.97 bits per heavy atom. The minimum absolute atomic E-state index is 0.171. The molecule has 3 rings (SSSR count). The van der Waals surface area contributed by atoms with Crippen LogP contribution in [0.5, 0.6) is 5.75 Å². The van der Waals surface area contributed by atoms with Crippen LogP contribution in [0, 0.1) is 17.2 Å². The fraction of sp³-hybridized carbons (Fsp3) is 0.409. The van der Waals surface area contributed by atoms with Crippen molar-refractivity contribution in [3.63, 3.8) is 0 Å². The maximum absolute atomic E-state index is 12.9. The number of nitrogens with zero attached hydrogens (tertiary/aromatic N) is 2. The number of thioether (sulfide) groups is 1. The molecular weight excluding hydrogens is 406 g/mol. The van der Waals surface area contributed by atoms with E-state index < -0.39 is 0 Å². The van der Waals surface area contributed by atoms with Gasteiger partial charge in [-0.1, -0.05) is 37.2 Å². The number of methoxy groups -OCH3 is 1. The Hall–Kier alpha value is -2.23. The van der Waals surface area contributed by atoms with Gasteiger partial charge in [0.15, 0.2) is 0 Å². The minimum Gasteiger partial charge on any atom is -0.495 e. The summed E-state index contributed by atoms with van der Waals surface area (Å²) in [5, 5.41) is 13.3. The maximum atomic E-state index is 12.9. The second-order valence-corrected chi connectivity index (χ2v) is 8.88. The summed E-state index contributed by atoms with van der Waals surface area (Å²) < 4.78 is 5.30. The Balaban J connectivity index is 1.82. The van der Waals surface area contributed by atoms with Crippen LogP contribution in [0.3, 0.4) is 0 Å². The number of carbonyl (C=O) groups excluding carboxylic acids is 1. The van der Waals surface area contributed by atoms with E-state index in [-0.39, 0.29) is 11.2 Å². The van der Waals surface area contributed by atoms with Crippen molar-refractivity contribution in [3.05, 3.63) is 46.1 Å². The lowest BCUT2D eigenvalue weighted by molar-refractivity contribution is -0.115. The van der Waals surface area contributed by atoms with Crippen LogP contribution in [-0.2, 0) is 17.6 Å². The van der Waals surface area contributed by atoms with Gasteiger partial charge in [0.2, 0.25) is 5.91 Å². The van der Waals surface area contributed by atoms with Crippen molar-refractivity contribution in [1.29, 1.82) is 5.26 Å². The van der Waals surface area contributed by atoms with Crippen LogP contribution in [0.15, 0.2) is 29.3 Å². The molecule has 0 radical (unpaired) electrons. The number of pyridine rings is 1. The molecule has 1 heterocycles. The first kappa shape index (κ1) is 21.5. The van der Waals surface area contributed by atoms with Crippen LogP contribution >= 0.6 is 23.4 Å². The first-order valence-electron chi connectivity index (χ1n) is 9.69. The summed E-state index contributed by atoms with van der Waals surface area (Å²) in [6, 6.07) is 9.28. The van der Waals surface area contributed by atoms with Crippen molar-refractivity contribution in [1.82, 2.24) is 4.98 Å². The van der Waals surface area contributed by atoms with E-state index in [4.69, 9.17) is 21.3 Å². The van der Waals surface area contributed by atoms with Crippen molar-refractivity contribution in [2.75, 3.05) is 12.4 Å². The number of hydrogen-bond donors (Lipinski definition) is 1. The lowest BCUT2D eigenvalue weighted by Crippen LogP contribution is -2.25. The van der Waals surface area contributed by atoms with Crippen molar-refractivity contribution >= 4 is 35.0 Å². The molecule has 1 amide bonds. The summed E-state index contributed by atoms with van der Waals surface area (Å²) in [6.07, 6.45) is 3.56. The van der Waals surface area contributed by atoms with E-state index in [1.807, 2.05) is 13.0 Å². The topological polar surface area (TPSA) is 75.0 Å². The summed E-state index contributed by atoms with van der Waals surface area (Å²) >= 11 is 7.40. The number of rotatable bonds is 6. The van der Waals surface area contributed by atoms with Gasteiger partial charge in [0.25, 0.3) is 0 Å². The summed E-state index contributed by atoms with van der Waals surface area (Å²) in [4.78, 5) is 17.7. The lowest BCUT2D eigenvalue weighted by atomic mass is 9.87. The molecule has 0 saturated heterocycles. The molecule has 1 aliphatic rings. The Morgan fingerprint density at radius 1 is 1.48 bits per heavy atom. The number of halogens is 1. The highest BCUT2D eigenvalue weighted by Crippen LogP contribution is 2.34. The van der Waals surface area contributed by atoms with Crippen molar-refractivity contribution in [2.45, 2.75) is 49.8 Å². The predicted octanol–water partition coefficient (Wildman–Crippen LogP) is 5.25.